The molecule has 2 amide bonds. The lowest BCUT2D eigenvalue weighted by Crippen LogP contribution is -2.21. The van der Waals surface area contributed by atoms with Gasteiger partial charge in [0, 0.05) is 19.2 Å². The van der Waals surface area contributed by atoms with Crippen LogP contribution in [0.3, 0.4) is 0 Å². The molecule has 2 aromatic rings. The summed E-state index contributed by atoms with van der Waals surface area (Å²) in [5, 5.41) is 8.60. The second kappa shape index (κ2) is 4.82. The number of hydrogen-bond donors (Lipinski definition) is 2. The van der Waals surface area contributed by atoms with Crippen molar-refractivity contribution in [3.05, 3.63) is 42.1 Å². The minimum Gasteiger partial charge on any atom is -0.305 e. The predicted molar refractivity (Wildman–Crippen MR) is 62.2 cm³/mol. The molecular formula is C11H10F2N4O. The summed E-state index contributed by atoms with van der Waals surface area (Å²) in [5.41, 5.74) is -0.101. The highest BCUT2D eigenvalue weighted by Gasteiger charge is 2.09. The van der Waals surface area contributed by atoms with E-state index >= 15 is 0 Å². The van der Waals surface area contributed by atoms with Gasteiger partial charge in [-0.3, -0.25) is 10.00 Å². The zero-order valence-electron chi connectivity index (χ0n) is 9.45. The van der Waals surface area contributed by atoms with Gasteiger partial charge in [-0.15, -0.1) is 0 Å². The molecule has 7 heteroatoms. The minimum absolute atomic E-state index is 0.101. The monoisotopic (exact) mass is 252 g/mol. The molecule has 2 rings (SSSR count). The maximum atomic E-state index is 13.3. The first-order valence-electron chi connectivity index (χ1n) is 5.07. The molecule has 0 fully saturated rings. The van der Waals surface area contributed by atoms with E-state index in [2.05, 4.69) is 15.7 Å². The lowest BCUT2D eigenvalue weighted by atomic mass is 10.3. The van der Waals surface area contributed by atoms with E-state index in [-0.39, 0.29) is 5.69 Å². The number of aromatic nitrogens is 2. The van der Waals surface area contributed by atoms with Gasteiger partial charge >= 0.3 is 6.03 Å². The lowest BCUT2D eigenvalue weighted by Gasteiger charge is -2.08. The number of nitrogens with one attached hydrogen (secondary N) is 2. The maximum absolute atomic E-state index is 13.3. The first-order valence-corrected chi connectivity index (χ1v) is 5.07. The summed E-state index contributed by atoms with van der Waals surface area (Å²) in [6.07, 6.45) is 1.51. The van der Waals surface area contributed by atoms with Crippen LogP contribution >= 0.6 is 0 Å². The van der Waals surface area contributed by atoms with Crippen LogP contribution in [0.4, 0.5) is 25.1 Å². The fraction of sp³-hybridized carbons (Fsp3) is 0.0909. The Labute approximate surface area is 101 Å². The number of hydrogen-bond acceptors (Lipinski definition) is 2. The van der Waals surface area contributed by atoms with Gasteiger partial charge in [0.05, 0.1) is 11.9 Å². The molecule has 0 atom stereocenters. The molecular weight excluding hydrogens is 242 g/mol. The molecule has 2 N–H and O–H groups in total. The van der Waals surface area contributed by atoms with E-state index in [1.807, 2.05) is 0 Å². The van der Waals surface area contributed by atoms with Gasteiger partial charge in [-0.1, -0.05) is 0 Å². The van der Waals surface area contributed by atoms with Crippen LogP contribution in [0.2, 0.25) is 0 Å². The summed E-state index contributed by atoms with van der Waals surface area (Å²) >= 11 is 0. The number of nitrogens with zero attached hydrogens (tertiary/aromatic N) is 2. The van der Waals surface area contributed by atoms with E-state index in [0.717, 1.165) is 12.1 Å². The van der Waals surface area contributed by atoms with Crippen molar-refractivity contribution in [2.75, 3.05) is 10.6 Å². The Balaban J connectivity index is 2.05. The first kappa shape index (κ1) is 12.0. The Hall–Kier alpha value is -2.44. The Morgan fingerprint density at radius 1 is 1.28 bits per heavy atom. The molecule has 1 aromatic carbocycles. The first-order chi connectivity index (χ1) is 8.56. The fourth-order valence-electron chi connectivity index (χ4n) is 1.36. The van der Waals surface area contributed by atoms with Gasteiger partial charge < -0.3 is 5.32 Å². The molecule has 18 heavy (non-hydrogen) atoms. The number of rotatable bonds is 2. The highest BCUT2D eigenvalue weighted by Crippen LogP contribution is 2.15. The Morgan fingerprint density at radius 2 is 2.06 bits per heavy atom. The number of carbonyl (C=O) groups is 1. The molecule has 0 aliphatic heterocycles. The maximum Gasteiger partial charge on any atom is 0.324 e. The summed E-state index contributed by atoms with van der Waals surface area (Å²) < 4.78 is 27.4. The van der Waals surface area contributed by atoms with Gasteiger partial charge in [-0.05, 0) is 12.1 Å². The number of amides is 2. The Bertz CT molecular complexity index is 582. The van der Waals surface area contributed by atoms with Crippen LogP contribution in [0.15, 0.2) is 30.5 Å². The molecule has 94 valence electrons. The number of halogens is 2. The number of benzene rings is 1. The molecule has 1 heterocycles. The van der Waals surface area contributed by atoms with Crippen LogP contribution in [0.1, 0.15) is 0 Å². The van der Waals surface area contributed by atoms with E-state index in [1.165, 1.54) is 10.9 Å². The second-order valence-electron chi connectivity index (χ2n) is 3.54. The number of aryl methyl sites for hydroxylation is 1. The van der Waals surface area contributed by atoms with Crippen molar-refractivity contribution in [2.24, 2.45) is 7.05 Å². The minimum atomic E-state index is -0.838. The van der Waals surface area contributed by atoms with Gasteiger partial charge in [0.2, 0.25) is 0 Å². The summed E-state index contributed by atoms with van der Waals surface area (Å²) in [6.45, 7) is 0. The van der Waals surface area contributed by atoms with Crippen LogP contribution in [0, 0.1) is 11.6 Å². The van der Waals surface area contributed by atoms with E-state index < -0.39 is 17.7 Å². The van der Waals surface area contributed by atoms with E-state index in [0.29, 0.717) is 11.9 Å². The third-order valence-corrected chi connectivity index (χ3v) is 2.24. The number of carbonyl (C=O) groups excluding carboxylic acids is 1. The van der Waals surface area contributed by atoms with Crippen LogP contribution in [-0.2, 0) is 7.05 Å². The van der Waals surface area contributed by atoms with Crippen molar-refractivity contribution >= 4 is 17.5 Å². The van der Waals surface area contributed by atoms with Crippen molar-refractivity contribution in [3.63, 3.8) is 0 Å². The number of anilines is 2. The molecule has 0 aliphatic carbocycles. The fourth-order valence-corrected chi connectivity index (χ4v) is 1.36. The summed E-state index contributed by atoms with van der Waals surface area (Å²) in [7, 11) is 1.65. The molecule has 0 radical (unpaired) electrons. The predicted octanol–water partition coefficient (Wildman–Crippen LogP) is 2.34. The SMILES string of the molecule is Cn1nccc1NC(=O)Nc1ccc(F)cc1F. The highest BCUT2D eigenvalue weighted by atomic mass is 19.1. The molecule has 1 aromatic heterocycles. The van der Waals surface area contributed by atoms with Gasteiger partial charge in [-0.2, -0.15) is 5.10 Å². The van der Waals surface area contributed by atoms with Crippen LogP contribution in [0.5, 0.6) is 0 Å². The largest absolute Gasteiger partial charge is 0.324 e. The smallest absolute Gasteiger partial charge is 0.305 e. The van der Waals surface area contributed by atoms with Crippen molar-refractivity contribution in [1.82, 2.24) is 9.78 Å². The molecule has 0 spiro atoms. The Kier molecular flexibility index (Phi) is 3.22. The van der Waals surface area contributed by atoms with Crippen LogP contribution in [0.25, 0.3) is 0 Å². The molecule has 5 nitrogen and oxygen atoms in total. The van der Waals surface area contributed by atoms with Crippen LogP contribution < -0.4 is 10.6 Å². The number of urea groups is 1. The normalized spacial score (nSPS) is 10.2. The summed E-state index contributed by atoms with van der Waals surface area (Å²) in [5.74, 6) is -1.09. The van der Waals surface area contributed by atoms with Crippen molar-refractivity contribution in [3.8, 4) is 0 Å². The summed E-state index contributed by atoms with van der Waals surface area (Å²) in [6, 6.07) is 3.85. The van der Waals surface area contributed by atoms with Crippen LogP contribution in [-0.4, -0.2) is 15.8 Å². The van der Waals surface area contributed by atoms with Gasteiger partial charge in [0.15, 0.2) is 0 Å². The molecule has 0 aliphatic rings. The standard InChI is InChI=1S/C11H10F2N4O/c1-17-10(4-5-14-17)16-11(18)15-9-3-2-7(12)6-8(9)13/h2-6H,1H3,(H2,15,16,18). The van der Waals surface area contributed by atoms with E-state index in [9.17, 15) is 13.6 Å². The van der Waals surface area contributed by atoms with Gasteiger partial charge in [0.1, 0.15) is 17.5 Å². The average molecular weight is 252 g/mol. The van der Waals surface area contributed by atoms with Gasteiger partial charge in [-0.25, -0.2) is 13.6 Å². The summed E-state index contributed by atoms with van der Waals surface area (Å²) in [4.78, 5) is 11.5. The molecule has 0 bridgehead atoms. The van der Waals surface area contributed by atoms with Gasteiger partial charge in [0.25, 0.3) is 0 Å². The van der Waals surface area contributed by atoms with E-state index in [1.54, 1.807) is 13.1 Å². The Morgan fingerprint density at radius 3 is 2.67 bits per heavy atom. The molecule has 0 unspecified atom stereocenters. The topological polar surface area (TPSA) is 59.0 Å². The third kappa shape index (κ3) is 2.62. The second-order valence-corrected chi connectivity index (χ2v) is 3.54. The molecule has 0 saturated heterocycles. The van der Waals surface area contributed by atoms with Crippen molar-refractivity contribution in [2.45, 2.75) is 0 Å². The van der Waals surface area contributed by atoms with E-state index in [4.69, 9.17) is 0 Å². The lowest BCUT2D eigenvalue weighted by molar-refractivity contribution is 0.262. The van der Waals surface area contributed by atoms with Crippen molar-refractivity contribution < 1.29 is 13.6 Å². The quantitative estimate of drug-likeness (QED) is 0.861. The zero-order valence-corrected chi connectivity index (χ0v) is 9.45. The van der Waals surface area contributed by atoms with Crippen molar-refractivity contribution in [1.29, 1.82) is 0 Å². The third-order valence-electron chi connectivity index (χ3n) is 2.24. The highest BCUT2D eigenvalue weighted by molar-refractivity contribution is 5.99. The molecule has 0 saturated carbocycles. The average Bonchev–Trinajstić information content (AvgIpc) is 2.69. The zero-order chi connectivity index (χ0) is 13.1.